The van der Waals surface area contributed by atoms with Crippen LogP contribution in [0.25, 0.3) is 0 Å². The molecule has 1 aliphatic rings. The van der Waals surface area contributed by atoms with E-state index in [0.29, 0.717) is 0 Å². The molecular weight excluding hydrogens is 188 g/mol. The van der Waals surface area contributed by atoms with Crippen molar-refractivity contribution in [2.45, 2.75) is 39.7 Å². The largest absolute Gasteiger partial charge is 0.481 e. The zero-order valence-corrected chi connectivity index (χ0v) is 9.46. The van der Waals surface area contributed by atoms with Crippen molar-refractivity contribution in [1.82, 2.24) is 0 Å². The lowest BCUT2D eigenvalue weighted by Gasteiger charge is -2.08. The monoisotopic (exact) mass is 204 g/mol. The number of fused-ring (bicyclic) bond motifs is 1. The van der Waals surface area contributed by atoms with E-state index < -0.39 is 0 Å². The Kier molecular flexibility index (Phi) is 2.51. The molecular formula is C13H16O2. The first-order valence-electron chi connectivity index (χ1n) is 5.45. The van der Waals surface area contributed by atoms with Crippen LogP contribution in [0.15, 0.2) is 12.1 Å². The van der Waals surface area contributed by atoms with Gasteiger partial charge in [-0.1, -0.05) is 19.4 Å². The van der Waals surface area contributed by atoms with Crippen LogP contribution < -0.4 is 4.74 Å². The highest BCUT2D eigenvalue weighted by molar-refractivity contribution is 6.05. The summed E-state index contributed by atoms with van der Waals surface area (Å²) in [5.74, 6) is 0.947. The summed E-state index contributed by atoms with van der Waals surface area (Å²) in [6, 6.07) is 3.99. The average Bonchev–Trinajstić information content (AvgIpc) is 2.47. The van der Waals surface area contributed by atoms with Gasteiger partial charge < -0.3 is 4.74 Å². The van der Waals surface area contributed by atoms with E-state index in [1.165, 1.54) is 0 Å². The van der Waals surface area contributed by atoms with E-state index in [0.717, 1.165) is 35.3 Å². The van der Waals surface area contributed by atoms with Crippen molar-refractivity contribution in [3.05, 3.63) is 28.8 Å². The predicted octanol–water partition coefficient (Wildman–Crippen LogP) is 3.05. The van der Waals surface area contributed by atoms with Gasteiger partial charge in [-0.25, -0.2) is 0 Å². The Morgan fingerprint density at radius 3 is 2.73 bits per heavy atom. The summed E-state index contributed by atoms with van der Waals surface area (Å²) in [6.45, 7) is 6.07. The highest BCUT2D eigenvalue weighted by Gasteiger charge is 2.32. The van der Waals surface area contributed by atoms with Crippen LogP contribution in [-0.4, -0.2) is 11.9 Å². The van der Waals surface area contributed by atoms with Crippen LogP contribution in [0, 0.1) is 13.8 Å². The van der Waals surface area contributed by atoms with Crippen molar-refractivity contribution < 1.29 is 9.53 Å². The lowest BCUT2D eigenvalue weighted by molar-refractivity contribution is 0.0845. The summed E-state index contributed by atoms with van der Waals surface area (Å²) in [5.41, 5.74) is 2.96. The Morgan fingerprint density at radius 2 is 2.07 bits per heavy atom. The van der Waals surface area contributed by atoms with E-state index in [9.17, 15) is 4.79 Å². The molecule has 2 nitrogen and oxygen atoms in total. The molecule has 2 rings (SSSR count). The van der Waals surface area contributed by atoms with E-state index in [1.807, 2.05) is 19.9 Å². The zero-order valence-electron chi connectivity index (χ0n) is 9.46. The van der Waals surface area contributed by atoms with E-state index >= 15 is 0 Å². The fourth-order valence-electron chi connectivity index (χ4n) is 2.12. The molecule has 1 unspecified atom stereocenters. The highest BCUT2D eigenvalue weighted by atomic mass is 16.5. The molecule has 0 amide bonds. The number of carbonyl (C=O) groups is 1. The molecule has 0 aliphatic carbocycles. The Bertz CT molecular complexity index is 407. The molecule has 80 valence electrons. The third-order valence-electron chi connectivity index (χ3n) is 2.79. The molecule has 1 aromatic carbocycles. The van der Waals surface area contributed by atoms with Gasteiger partial charge in [-0.2, -0.15) is 0 Å². The summed E-state index contributed by atoms with van der Waals surface area (Å²) in [4.78, 5) is 12.0. The number of ether oxygens (including phenoxy) is 1. The van der Waals surface area contributed by atoms with Gasteiger partial charge in [0.25, 0.3) is 0 Å². The fourth-order valence-corrected chi connectivity index (χ4v) is 2.12. The fraction of sp³-hybridized carbons (Fsp3) is 0.462. The second-order valence-corrected chi connectivity index (χ2v) is 4.22. The Balaban J connectivity index is 2.41. The van der Waals surface area contributed by atoms with Crippen LogP contribution >= 0.6 is 0 Å². The Hall–Kier alpha value is -1.31. The van der Waals surface area contributed by atoms with Crippen LogP contribution in [0.3, 0.4) is 0 Å². The van der Waals surface area contributed by atoms with Crippen molar-refractivity contribution in [2.24, 2.45) is 0 Å². The van der Waals surface area contributed by atoms with E-state index in [-0.39, 0.29) is 11.9 Å². The molecule has 0 saturated heterocycles. The number of Topliss-reactive ketones (excluding diaryl/α,β-unsaturated/α-hetero) is 1. The van der Waals surface area contributed by atoms with Crippen LogP contribution in [-0.2, 0) is 0 Å². The molecule has 2 heteroatoms. The van der Waals surface area contributed by atoms with E-state index in [1.54, 1.807) is 0 Å². The third kappa shape index (κ3) is 1.65. The molecule has 0 saturated carbocycles. The van der Waals surface area contributed by atoms with Crippen LogP contribution in [0.1, 0.15) is 41.3 Å². The van der Waals surface area contributed by atoms with Gasteiger partial charge in [-0.3, -0.25) is 4.79 Å². The maximum atomic E-state index is 12.0. The topological polar surface area (TPSA) is 26.3 Å². The minimum atomic E-state index is -0.245. The van der Waals surface area contributed by atoms with Gasteiger partial charge in [-0.15, -0.1) is 0 Å². The number of hydrogen-bond donors (Lipinski definition) is 0. The smallest absolute Gasteiger partial charge is 0.207 e. The average molecular weight is 204 g/mol. The minimum Gasteiger partial charge on any atom is -0.481 e. The van der Waals surface area contributed by atoms with Crippen LogP contribution in [0.2, 0.25) is 0 Å². The minimum absolute atomic E-state index is 0.152. The van der Waals surface area contributed by atoms with Crippen LogP contribution in [0.4, 0.5) is 0 Å². The van der Waals surface area contributed by atoms with Gasteiger partial charge in [-0.05, 0) is 37.5 Å². The summed E-state index contributed by atoms with van der Waals surface area (Å²) in [7, 11) is 0. The molecule has 0 bridgehead atoms. The number of aryl methyl sites for hydroxylation is 2. The molecule has 0 N–H and O–H groups in total. The maximum absolute atomic E-state index is 12.0. The molecule has 1 aliphatic heterocycles. The Labute approximate surface area is 90.3 Å². The van der Waals surface area contributed by atoms with Crippen molar-refractivity contribution in [1.29, 1.82) is 0 Å². The maximum Gasteiger partial charge on any atom is 0.207 e. The van der Waals surface area contributed by atoms with Gasteiger partial charge in [0, 0.05) is 0 Å². The van der Waals surface area contributed by atoms with Gasteiger partial charge in [0.05, 0.1) is 5.56 Å². The summed E-state index contributed by atoms with van der Waals surface area (Å²) in [6.07, 6.45) is 1.54. The Morgan fingerprint density at radius 1 is 1.33 bits per heavy atom. The highest BCUT2D eigenvalue weighted by Crippen LogP contribution is 2.34. The van der Waals surface area contributed by atoms with Crippen molar-refractivity contribution in [3.63, 3.8) is 0 Å². The van der Waals surface area contributed by atoms with Crippen molar-refractivity contribution in [2.75, 3.05) is 0 Å². The first-order valence-corrected chi connectivity index (χ1v) is 5.45. The molecule has 0 spiro atoms. The zero-order chi connectivity index (χ0) is 11.0. The predicted molar refractivity (Wildman–Crippen MR) is 59.6 cm³/mol. The summed E-state index contributed by atoms with van der Waals surface area (Å²) in [5, 5.41) is 0. The molecule has 15 heavy (non-hydrogen) atoms. The second-order valence-electron chi connectivity index (χ2n) is 4.22. The molecule has 0 aromatic heterocycles. The van der Waals surface area contributed by atoms with E-state index in [2.05, 4.69) is 13.0 Å². The number of hydrogen-bond acceptors (Lipinski definition) is 2. The lowest BCUT2D eigenvalue weighted by atomic mass is 10.0. The summed E-state index contributed by atoms with van der Waals surface area (Å²) < 4.78 is 5.70. The normalized spacial score (nSPS) is 18.9. The lowest BCUT2D eigenvalue weighted by Crippen LogP contribution is -2.19. The summed E-state index contributed by atoms with van der Waals surface area (Å²) >= 11 is 0. The standard InChI is InChI=1S/C13H16O2/c1-4-5-11-12(14)10-7-8(2)6-9(3)13(10)15-11/h6-7,11H,4-5H2,1-3H3. The first kappa shape index (κ1) is 10.2. The van der Waals surface area contributed by atoms with Crippen molar-refractivity contribution >= 4 is 5.78 Å². The molecule has 0 radical (unpaired) electrons. The quantitative estimate of drug-likeness (QED) is 0.740. The number of ketones is 1. The van der Waals surface area contributed by atoms with Gasteiger partial charge in [0.1, 0.15) is 5.75 Å². The third-order valence-corrected chi connectivity index (χ3v) is 2.79. The van der Waals surface area contributed by atoms with E-state index in [4.69, 9.17) is 4.74 Å². The molecule has 1 aromatic rings. The molecule has 1 atom stereocenters. The number of rotatable bonds is 2. The number of carbonyl (C=O) groups excluding carboxylic acids is 1. The molecule has 1 heterocycles. The van der Waals surface area contributed by atoms with Gasteiger partial charge >= 0.3 is 0 Å². The first-order chi connectivity index (χ1) is 7.13. The SMILES string of the molecule is CCCC1Oc2c(C)cc(C)cc2C1=O. The number of benzene rings is 1. The van der Waals surface area contributed by atoms with Gasteiger partial charge in [0.15, 0.2) is 6.10 Å². The van der Waals surface area contributed by atoms with Crippen LogP contribution in [0.5, 0.6) is 5.75 Å². The van der Waals surface area contributed by atoms with Crippen molar-refractivity contribution in [3.8, 4) is 5.75 Å². The second kappa shape index (κ2) is 3.69. The molecule has 0 fully saturated rings. The van der Waals surface area contributed by atoms with Gasteiger partial charge in [0.2, 0.25) is 5.78 Å².